The number of nitrogens with zero attached hydrogens (tertiary/aromatic N) is 1. The van der Waals surface area contributed by atoms with Gasteiger partial charge in [-0.2, -0.15) is 0 Å². The molecule has 0 spiro atoms. The molecule has 4 aliphatic carbocycles. The molecule has 24 heavy (non-hydrogen) atoms. The van der Waals surface area contributed by atoms with Gasteiger partial charge in [0.1, 0.15) is 6.61 Å². The molecule has 5 rings (SSSR count). The average molecular weight is 331 g/mol. The van der Waals surface area contributed by atoms with Crippen LogP contribution >= 0.6 is 0 Å². The van der Waals surface area contributed by atoms with Crippen LogP contribution in [-0.2, 0) is 14.3 Å². The minimum atomic E-state index is -0.340. The first-order valence-electron chi connectivity index (χ1n) is 9.54. The fourth-order valence-electron chi connectivity index (χ4n) is 6.45. The van der Waals surface area contributed by atoms with Crippen LogP contribution in [0.1, 0.15) is 58.8 Å². The molecule has 1 heterocycles. The van der Waals surface area contributed by atoms with Crippen molar-refractivity contribution in [1.29, 1.82) is 0 Å². The number of carbonyl (C=O) groups is 2. The largest absolute Gasteiger partial charge is 0.460 e. The zero-order valence-corrected chi connectivity index (χ0v) is 14.9. The molecule has 1 saturated heterocycles. The highest BCUT2D eigenvalue weighted by Gasteiger charge is 2.58. The molecule has 0 aromatic rings. The summed E-state index contributed by atoms with van der Waals surface area (Å²) in [6, 6.07) is 0.0482. The molecule has 0 radical (unpaired) electrons. The van der Waals surface area contributed by atoms with E-state index in [9.17, 15) is 9.59 Å². The fourth-order valence-corrected chi connectivity index (χ4v) is 6.45. The molecular formula is C20H29NO3. The van der Waals surface area contributed by atoms with Crippen molar-refractivity contribution in [2.45, 2.75) is 70.4 Å². The Hall–Kier alpha value is -1.32. The molecule has 5 fully saturated rings. The number of ether oxygens (including phenoxy) is 1. The van der Waals surface area contributed by atoms with E-state index in [1.54, 1.807) is 6.92 Å². The minimum absolute atomic E-state index is 0.0477. The predicted octanol–water partition coefficient (Wildman–Crippen LogP) is 3.31. The Balaban J connectivity index is 1.56. The summed E-state index contributed by atoms with van der Waals surface area (Å²) in [4.78, 5) is 27.0. The topological polar surface area (TPSA) is 46.6 Å². The third kappa shape index (κ3) is 2.49. The first kappa shape index (κ1) is 16.2. The normalized spacial score (nSPS) is 43.3. The first-order valence-corrected chi connectivity index (χ1v) is 9.54. The smallest absolute Gasteiger partial charge is 0.333 e. The van der Waals surface area contributed by atoms with Crippen LogP contribution in [0, 0.1) is 23.7 Å². The van der Waals surface area contributed by atoms with Gasteiger partial charge in [-0.3, -0.25) is 4.79 Å². The second-order valence-corrected chi connectivity index (χ2v) is 9.02. The molecule has 4 heteroatoms. The van der Waals surface area contributed by atoms with Crippen LogP contribution in [0.4, 0.5) is 0 Å². The van der Waals surface area contributed by atoms with E-state index in [-0.39, 0.29) is 29.4 Å². The summed E-state index contributed by atoms with van der Waals surface area (Å²) in [6.07, 6.45) is 8.42. The highest BCUT2D eigenvalue weighted by atomic mass is 16.5. The average Bonchev–Trinajstić information content (AvgIpc) is 2.78. The second-order valence-electron chi connectivity index (χ2n) is 9.02. The van der Waals surface area contributed by atoms with Crippen molar-refractivity contribution in [3.8, 4) is 0 Å². The van der Waals surface area contributed by atoms with Crippen molar-refractivity contribution in [2.75, 3.05) is 6.61 Å². The van der Waals surface area contributed by atoms with Crippen molar-refractivity contribution < 1.29 is 14.3 Å². The monoisotopic (exact) mass is 331 g/mol. The van der Waals surface area contributed by atoms with Gasteiger partial charge in [-0.05, 0) is 69.6 Å². The van der Waals surface area contributed by atoms with Gasteiger partial charge in [0, 0.05) is 17.0 Å². The first-order chi connectivity index (χ1) is 11.4. The van der Waals surface area contributed by atoms with Crippen LogP contribution in [0.15, 0.2) is 12.2 Å². The Morgan fingerprint density at radius 1 is 1.17 bits per heavy atom. The van der Waals surface area contributed by atoms with Gasteiger partial charge < -0.3 is 9.64 Å². The zero-order valence-electron chi connectivity index (χ0n) is 14.9. The SMILES string of the molecule is C=C(C)C(=O)OCC1CC(C)C(=O)N1C12CC3CC(CC(C3)C1)C2. The highest BCUT2D eigenvalue weighted by Crippen LogP contribution is 2.59. The third-order valence-electron chi connectivity index (χ3n) is 6.92. The van der Waals surface area contributed by atoms with Crippen molar-refractivity contribution in [3.63, 3.8) is 0 Å². The maximum Gasteiger partial charge on any atom is 0.333 e. The minimum Gasteiger partial charge on any atom is -0.460 e. The zero-order chi connectivity index (χ0) is 17.1. The number of hydrogen-bond donors (Lipinski definition) is 0. The van der Waals surface area contributed by atoms with E-state index < -0.39 is 0 Å². The Morgan fingerprint density at radius 2 is 1.71 bits per heavy atom. The van der Waals surface area contributed by atoms with Crippen molar-refractivity contribution in [1.82, 2.24) is 4.90 Å². The molecule has 0 aromatic carbocycles. The Labute approximate surface area is 144 Å². The lowest BCUT2D eigenvalue weighted by molar-refractivity contribution is -0.157. The number of esters is 1. The summed E-state index contributed by atoms with van der Waals surface area (Å²) in [5, 5.41) is 0. The molecule has 5 aliphatic rings. The predicted molar refractivity (Wildman–Crippen MR) is 91.1 cm³/mol. The lowest BCUT2D eigenvalue weighted by atomic mass is 9.52. The summed E-state index contributed by atoms with van der Waals surface area (Å²) in [6.45, 7) is 7.66. The van der Waals surface area contributed by atoms with E-state index in [2.05, 4.69) is 11.5 Å². The molecule has 2 atom stereocenters. The summed E-state index contributed by atoms with van der Waals surface area (Å²) in [5.41, 5.74) is 0.477. The summed E-state index contributed by atoms with van der Waals surface area (Å²) < 4.78 is 5.45. The molecule has 0 aromatic heterocycles. The van der Waals surface area contributed by atoms with E-state index in [0.717, 1.165) is 24.2 Å². The van der Waals surface area contributed by atoms with Gasteiger partial charge in [0.15, 0.2) is 0 Å². The number of likely N-dealkylation sites (tertiary alicyclic amines) is 1. The van der Waals surface area contributed by atoms with Gasteiger partial charge in [0.2, 0.25) is 5.91 Å². The van der Waals surface area contributed by atoms with Gasteiger partial charge >= 0.3 is 5.97 Å². The molecule has 1 aliphatic heterocycles. The summed E-state index contributed by atoms with van der Waals surface area (Å²) in [7, 11) is 0. The molecule has 0 N–H and O–H groups in total. The number of carbonyl (C=O) groups excluding carboxylic acids is 2. The second kappa shape index (κ2) is 5.60. The van der Waals surface area contributed by atoms with Crippen molar-refractivity contribution >= 4 is 11.9 Å². The van der Waals surface area contributed by atoms with Gasteiger partial charge in [-0.1, -0.05) is 13.5 Å². The molecule has 2 unspecified atom stereocenters. The van der Waals surface area contributed by atoms with Crippen LogP contribution in [0.2, 0.25) is 0 Å². The van der Waals surface area contributed by atoms with E-state index in [1.807, 2.05) is 6.92 Å². The highest BCUT2D eigenvalue weighted by molar-refractivity contribution is 5.87. The van der Waals surface area contributed by atoms with E-state index in [0.29, 0.717) is 12.2 Å². The number of amides is 1. The molecule has 4 saturated carbocycles. The lowest BCUT2D eigenvalue weighted by Gasteiger charge is -2.60. The van der Waals surface area contributed by atoms with Crippen LogP contribution in [0.3, 0.4) is 0 Å². The third-order valence-corrected chi connectivity index (χ3v) is 6.92. The number of rotatable bonds is 4. The van der Waals surface area contributed by atoms with Crippen LogP contribution < -0.4 is 0 Å². The molecular weight excluding hydrogens is 302 g/mol. The van der Waals surface area contributed by atoms with Crippen LogP contribution in [0.5, 0.6) is 0 Å². The molecule has 4 bridgehead atoms. The summed E-state index contributed by atoms with van der Waals surface area (Å²) >= 11 is 0. The molecule has 1 amide bonds. The maximum absolute atomic E-state index is 13.0. The van der Waals surface area contributed by atoms with Crippen molar-refractivity contribution in [2.24, 2.45) is 23.7 Å². The van der Waals surface area contributed by atoms with E-state index in [4.69, 9.17) is 4.74 Å². The Morgan fingerprint density at radius 3 is 2.21 bits per heavy atom. The molecule has 4 nitrogen and oxygen atoms in total. The van der Waals surface area contributed by atoms with Crippen LogP contribution in [-0.4, -0.2) is 35.0 Å². The van der Waals surface area contributed by atoms with Gasteiger partial charge in [0.25, 0.3) is 0 Å². The Bertz CT molecular complexity index is 546. The maximum atomic E-state index is 13.0. The summed E-state index contributed by atoms with van der Waals surface area (Å²) in [5.74, 6) is 2.41. The van der Waals surface area contributed by atoms with Crippen LogP contribution in [0.25, 0.3) is 0 Å². The number of hydrogen-bond acceptors (Lipinski definition) is 3. The Kier molecular flexibility index (Phi) is 3.77. The quantitative estimate of drug-likeness (QED) is 0.586. The fraction of sp³-hybridized carbons (Fsp3) is 0.800. The lowest BCUT2D eigenvalue weighted by Crippen LogP contribution is -2.63. The van der Waals surface area contributed by atoms with Crippen molar-refractivity contribution in [3.05, 3.63) is 12.2 Å². The van der Waals surface area contributed by atoms with Gasteiger partial charge in [-0.25, -0.2) is 4.79 Å². The van der Waals surface area contributed by atoms with Gasteiger partial charge in [0.05, 0.1) is 6.04 Å². The van der Waals surface area contributed by atoms with E-state index >= 15 is 0 Å². The van der Waals surface area contributed by atoms with Gasteiger partial charge in [-0.15, -0.1) is 0 Å². The standard InChI is InChI=1S/C20H29NO3/c1-12(2)19(23)24-11-17-4-13(3)18(22)21(17)20-8-14-5-15(9-20)7-16(6-14)10-20/h13-17H,1,4-11H2,2-3H3. The molecule has 132 valence electrons. The van der Waals surface area contributed by atoms with E-state index in [1.165, 1.54) is 38.5 Å².